The molecule has 0 aromatic carbocycles. The summed E-state index contributed by atoms with van der Waals surface area (Å²) in [5, 5.41) is 15.8. The van der Waals surface area contributed by atoms with E-state index in [9.17, 15) is 14.7 Å². The molecule has 22 heavy (non-hydrogen) atoms. The molecular formula is C16H28N2O4. The van der Waals surface area contributed by atoms with Crippen molar-refractivity contribution in [3.8, 4) is 0 Å². The molecule has 3 N–H and O–H groups in total. The summed E-state index contributed by atoms with van der Waals surface area (Å²) in [6.45, 7) is 4.73. The Kier molecular flexibility index (Phi) is 7.38. The summed E-state index contributed by atoms with van der Waals surface area (Å²) in [4.78, 5) is 23.5. The van der Waals surface area contributed by atoms with Crippen LogP contribution in [0.25, 0.3) is 0 Å². The fraction of sp³-hybridized carbons (Fsp3) is 0.750. The second kappa shape index (κ2) is 8.78. The van der Waals surface area contributed by atoms with Crippen molar-refractivity contribution >= 4 is 12.0 Å². The van der Waals surface area contributed by atoms with Gasteiger partial charge in [-0.15, -0.1) is 0 Å². The minimum Gasteiger partial charge on any atom is -0.442 e. The Morgan fingerprint density at radius 1 is 1.41 bits per heavy atom. The first-order valence-electron chi connectivity index (χ1n) is 7.93. The van der Waals surface area contributed by atoms with E-state index >= 15 is 0 Å². The van der Waals surface area contributed by atoms with Crippen molar-refractivity contribution in [3.63, 3.8) is 0 Å². The van der Waals surface area contributed by atoms with Gasteiger partial charge in [-0.2, -0.15) is 0 Å². The highest BCUT2D eigenvalue weighted by Crippen LogP contribution is 2.25. The van der Waals surface area contributed by atoms with E-state index in [2.05, 4.69) is 24.5 Å². The van der Waals surface area contributed by atoms with E-state index in [-0.39, 0.29) is 12.3 Å². The monoisotopic (exact) mass is 312 g/mol. The number of hydrogen-bond donors (Lipinski definition) is 3. The number of rotatable bonds is 5. The maximum absolute atomic E-state index is 12.2. The third kappa shape index (κ3) is 6.05. The van der Waals surface area contributed by atoms with E-state index in [0.717, 1.165) is 6.42 Å². The lowest BCUT2D eigenvalue weighted by molar-refractivity contribution is -0.141. The summed E-state index contributed by atoms with van der Waals surface area (Å²) in [6.07, 6.45) is 5.24. The van der Waals surface area contributed by atoms with Crippen molar-refractivity contribution in [3.05, 3.63) is 12.2 Å². The van der Waals surface area contributed by atoms with Crippen LogP contribution < -0.4 is 10.6 Å². The highest BCUT2D eigenvalue weighted by atomic mass is 16.6. The molecule has 0 bridgehead atoms. The molecule has 0 heterocycles. The Balaban J connectivity index is 2.57. The molecule has 0 spiro atoms. The van der Waals surface area contributed by atoms with Crippen LogP contribution in [0.15, 0.2) is 12.2 Å². The van der Waals surface area contributed by atoms with Crippen LogP contribution in [-0.2, 0) is 9.53 Å². The van der Waals surface area contributed by atoms with Gasteiger partial charge in [0.15, 0.2) is 0 Å². The molecule has 0 saturated heterocycles. The van der Waals surface area contributed by atoms with Gasteiger partial charge in [0.05, 0.1) is 0 Å². The Labute approximate surface area is 132 Å². The van der Waals surface area contributed by atoms with Crippen LogP contribution >= 0.6 is 0 Å². The number of aliphatic hydroxyl groups is 1. The fourth-order valence-electron chi connectivity index (χ4n) is 2.33. The lowest BCUT2D eigenvalue weighted by atomic mass is 9.87. The number of carbonyl (C=O) groups is 2. The van der Waals surface area contributed by atoms with Crippen LogP contribution in [0.3, 0.4) is 0 Å². The zero-order chi connectivity index (χ0) is 16.6. The van der Waals surface area contributed by atoms with Crippen LogP contribution in [0.4, 0.5) is 4.79 Å². The number of hydrogen-bond acceptors (Lipinski definition) is 4. The van der Waals surface area contributed by atoms with E-state index in [1.54, 1.807) is 0 Å². The largest absolute Gasteiger partial charge is 0.442 e. The SMILES string of the molecule is CNC(=O)O[C@@H]1/C=C/CC[C@](O)(C(=O)NCCC(C)C)CC1. The third-order valence-corrected chi connectivity index (χ3v) is 3.81. The van der Waals surface area contributed by atoms with Crippen LogP contribution in [0.5, 0.6) is 0 Å². The van der Waals surface area contributed by atoms with Gasteiger partial charge < -0.3 is 20.5 Å². The van der Waals surface area contributed by atoms with Gasteiger partial charge in [-0.25, -0.2) is 4.79 Å². The first-order valence-corrected chi connectivity index (χ1v) is 7.93. The molecule has 0 unspecified atom stereocenters. The molecule has 0 aromatic heterocycles. The Morgan fingerprint density at radius 2 is 2.14 bits per heavy atom. The van der Waals surface area contributed by atoms with Gasteiger partial charge in [-0.1, -0.05) is 19.9 Å². The van der Waals surface area contributed by atoms with Gasteiger partial charge in [-0.05, 0) is 44.1 Å². The van der Waals surface area contributed by atoms with Crippen LogP contribution in [-0.4, -0.2) is 42.4 Å². The predicted molar refractivity (Wildman–Crippen MR) is 84.4 cm³/mol. The van der Waals surface area contributed by atoms with Gasteiger partial charge in [0, 0.05) is 13.6 Å². The quantitative estimate of drug-likeness (QED) is 0.675. The molecule has 6 nitrogen and oxygen atoms in total. The first-order chi connectivity index (χ1) is 10.4. The number of carbonyl (C=O) groups excluding carboxylic acids is 2. The summed E-state index contributed by atoms with van der Waals surface area (Å²) >= 11 is 0. The average Bonchev–Trinajstić information content (AvgIpc) is 2.46. The summed E-state index contributed by atoms with van der Waals surface area (Å²) in [6, 6.07) is 0. The van der Waals surface area contributed by atoms with Gasteiger partial charge in [0.1, 0.15) is 11.7 Å². The predicted octanol–water partition coefficient (Wildman–Crippen LogP) is 1.73. The maximum atomic E-state index is 12.2. The van der Waals surface area contributed by atoms with Crippen molar-refractivity contribution in [1.82, 2.24) is 10.6 Å². The second-order valence-corrected chi connectivity index (χ2v) is 6.17. The molecule has 0 saturated carbocycles. The summed E-state index contributed by atoms with van der Waals surface area (Å²) < 4.78 is 5.18. The van der Waals surface area contributed by atoms with Gasteiger partial charge in [0.25, 0.3) is 5.91 Å². The highest BCUT2D eigenvalue weighted by Gasteiger charge is 2.36. The minimum absolute atomic E-state index is 0.270. The number of ether oxygens (including phenoxy) is 1. The molecular weight excluding hydrogens is 284 g/mol. The van der Waals surface area contributed by atoms with Crippen LogP contribution in [0, 0.1) is 5.92 Å². The molecule has 2 amide bonds. The van der Waals surface area contributed by atoms with Gasteiger partial charge in [0.2, 0.25) is 0 Å². The van der Waals surface area contributed by atoms with Crippen molar-refractivity contribution < 1.29 is 19.4 Å². The van der Waals surface area contributed by atoms with Crippen LogP contribution in [0.1, 0.15) is 46.0 Å². The molecule has 0 radical (unpaired) electrons. The smallest absolute Gasteiger partial charge is 0.407 e. The van der Waals surface area contributed by atoms with E-state index in [1.165, 1.54) is 7.05 Å². The molecule has 0 fully saturated rings. The lowest BCUT2D eigenvalue weighted by Crippen LogP contribution is -2.48. The van der Waals surface area contributed by atoms with Gasteiger partial charge >= 0.3 is 6.09 Å². The number of amides is 2. The standard InChI is InChI=1S/C16H28N2O4/c1-12(2)8-11-18-14(19)16(21)9-5-4-6-13(7-10-16)22-15(20)17-3/h4,6,12-13,21H,5,7-11H2,1-3H3,(H,17,20)(H,18,19)/b6-4+/t13-,16-/m1/s1. The zero-order valence-corrected chi connectivity index (χ0v) is 13.7. The summed E-state index contributed by atoms with van der Waals surface area (Å²) in [7, 11) is 1.49. The van der Waals surface area contributed by atoms with Crippen LogP contribution in [0.2, 0.25) is 0 Å². The van der Waals surface area contributed by atoms with Crippen molar-refractivity contribution in [2.75, 3.05) is 13.6 Å². The molecule has 1 aliphatic rings. The average molecular weight is 312 g/mol. The first kappa shape index (κ1) is 18.5. The minimum atomic E-state index is -1.40. The fourth-order valence-corrected chi connectivity index (χ4v) is 2.33. The third-order valence-electron chi connectivity index (χ3n) is 3.81. The zero-order valence-electron chi connectivity index (χ0n) is 13.7. The molecule has 0 aromatic rings. The lowest BCUT2D eigenvalue weighted by Gasteiger charge is -2.29. The molecule has 2 atom stereocenters. The van der Waals surface area contributed by atoms with Crippen molar-refractivity contribution in [1.29, 1.82) is 0 Å². The van der Waals surface area contributed by atoms with E-state index < -0.39 is 17.8 Å². The second-order valence-electron chi connectivity index (χ2n) is 6.17. The highest BCUT2D eigenvalue weighted by molar-refractivity contribution is 5.84. The Hall–Kier alpha value is -1.56. The van der Waals surface area contributed by atoms with E-state index in [4.69, 9.17) is 4.74 Å². The maximum Gasteiger partial charge on any atom is 0.407 e. The Bertz CT molecular complexity index is 409. The summed E-state index contributed by atoms with van der Waals surface area (Å²) in [5.74, 6) is 0.169. The number of nitrogens with one attached hydrogen (secondary N) is 2. The molecule has 1 rings (SSSR count). The van der Waals surface area contributed by atoms with E-state index in [1.807, 2.05) is 12.2 Å². The molecule has 0 aliphatic heterocycles. The normalized spacial score (nSPS) is 26.7. The van der Waals surface area contributed by atoms with E-state index in [0.29, 0.717) is 31.7 Å². The topological polar surface area (TPSA) is 87.7 Å². The van der Waals surface area contributed by atoms with Crippen molar-refractivity contribution in [2.24, 2.45) is 5.92 Å². The number of alkyl carbamates (subject to hydrolysis) is 1. The molecule has 1 aliphatic carbocycles. The van der Waals surface area contributed by atoms with Crippen molar-refractivity contribution in [2.45, 2.75) is 57.7 Å². The molecule has 6 heteroatoms. The Morgan fingerprint density at radius 3 is 2.77 bits per heavy atom. The summed E-state index contributed by atoms with van der Waals surface area (Å²) in [5.41, 5.74) is -1.40. The van der Waals surface area contributed by atoms with Gasteiger partial charge in [-0.3, -0.25) is 4.79 Å². The number of allylic oxidation sites excluding steroid dienone is 1. The molecule has 126 valence electrons.